The SMILES string of the molecule is CCOC1(c2nccc(CCl)n2)CCCC(C)C1. The predicted octanol–water partition coefficient (Wildman–Crippen LogP) is 3.66. The van der Waals surface area contributed by atoms with Gasteiger partial charge in [0.1, 0.15) is 5.60 Å². The molecule has 100 valence electrons. The van der Waals surface area contributed by atoms with Gasteiger partial charge < -0.3 is 4.74 Å². The van der Waals surface area contributed by atoms with Crippen molar-refractivity contribution in [2.45, 2.75) is 51.0 Å². The van der Waals surface area contributed by atoms with Gasteiger partial charge in [0.05, 0.1) is 11.6 Å². The van der Waals surface area contributed by atoms with Crippen LogP contribution in [0.25, 0.3) is 0 Å². The Kier molecular flexibility index (Phi) is 4.57. The summed E-state index contributed by atoms with van der Waals surface area (Å²) in [5.74, 6) is 1.90. The molecule has 2 rings (SSSR count). The molecule has 0 amide bonds. The van der Waals surface area contributed by atoms with Crippen molar-refractivity contribution in [1.82, 2.24) is 9.97 Å². The lowest BCUT2D eigenvalue weighted by molar-refractivity contribution is -0.0882. The third-order valence-corrected chi connectivity index (χ3v) is 3.91. The lowest BCUT2D eigenvalue weighted by Gasteiger charge is -2.38. The summed E-state index contributed by atoms with van der Waals surface area (Å²) >= 11 is 5.86. The van der Waals surface area contributed by atoms with Gasteiger partial charge in [0, 0.05) is 12.8 Å². The van der Waals surface area contributed by atoms with Crippen LogP contribution in [0.5, 0.6) is 0 Å². The van der Waals surface area contributed by atoms with Gasteiger partial charge in [0.25, 0.3) is 0 Å². The first kappa shape index (κ1) is 13.8. The number of alkyl halides is 1. The van der Waals surface area contributed by atoms with Gasteiger partial charge in [-0.2, -0.15) is 0 Å². The van der Waals surface area contributed by atoms with Crippen LogP contribution in [0.4, 0.5) is 0 Å². The van der Waals surface area contributed by atoms with Gasteiger partial charge in [0.15, 0.2) is 5.82 Å². The van der Waals surface area contributed by atoms with E-state index in [1.54, 1.807) is 6.20 Å². The van der Waals surface area contributed by atoms with Crippen molar-refractivity contribution in [1.29, 1.82) is 0 Å². The molecule has 4 heteroatoms. The van der Waals surface area contributed by atoms with Crippen molar-refractivity contribution in [3.8, 4) is 0 Å². The molecular formula is C14H21ClN2O. The summed E-state index contributed by atoms with van der Waals surface area (Å²) in [6.45, 7) is 5.01. The van der Waals surface area contributed by atoms with E-state index in [4.69, 9.17) is 16.3 Å². The molecule has 0 aliphatic heterocycles. The largest absolute Gasteiger partial charge is 0.367 e. The van der Waals surface area contributed by atoms with Crippen molar-refractivity contribution < 1.29 is 4.74 Å². The van der Waals surface area contributed by atoms with E-state index >= 15 is 0 Å². The monoisotopic (exact) mass is 268 g/mol. The summed E-state index contributed by atoms with van der Waals surface area (Å²) in [6.07, 6.45) is 6.25. The molecule has 1 heterocycles. The lowest BCUT2D eigenvalue weighted by Crippen LogP contribution is -2.37. The highest BCUT2D eigenvalue weighted by Gasteiger charge is 2.39. The molecule has 0 bridgehead atoms. The molecular weight excluding hydrogens is 248 g/mol. The first-order valence-corrected chi connectivity index (χ1v) is 7.26. The van der Waals surface area contributed by atoms with Crippen molar-refractivity contribution >= 4 is 11.6 Å². The van der Waals surface area contributed by atoms with E-state index in [2.05, 4.69) is 16.9 Å². The average molecular weight is 269 g/mol. The Morgan fingerprint density at radius 1 is 1.56 bits per heavy atom. The maximum Gasteiger partial charge on any atom is 0.160 e. The van der Waals surface area contributed by atoms with E-state index in [9.17, 15) is 0 Å². The van der Waals surface area contributed by atoms with Crippen LogP contribution in [0.3, 0.4) is 0 Å². The Bertz CT molecular complexity index is 395. The van der Waals surface area contributed by atoms with Crippen molar-refractivity contribution in [2.24, 2.45) is 5.92 Å². The highest BCUT2D eigenvalue weighted by atomic mass is 35.5. The molecule has 0 saturated heterocycles. The zero-order valence-corrected chi connectivity index (χ0v) is 11.9. The molecule has 1 saturated carbocycles. The number of hydrogen-bond donors (Lipinski definition) is 0. The highest BCUT2D eigenvalue weighted by molar-refractivity contribution is 6.16. The van der Waals surface area contributed by atoms with Gasteiger partial charge in [0.2, 0.25) is 0 Å². The lowest BCUT2D eigenvalue weighted by atomic mass is 9.78. The van der Waals surface area contributed by atoms with E-state index in [-0.39, 0.29) is 5.60 Å². The van der Waals surface area contributed by atoms with Gasteiger partial charge in [-0.25, -0.2) is 9.97 Å². The van der Waals surface area contributed by atoms with Crippen LogP contribution >= 0.6 is 11.6 Å². The average Bonchev–Trinajstić information content (AvgIpc) is 2.39. The van der Waals surface area contributed by atoms with E-state index in [1.165, 1.54) is 12.8 Å². The molecule has 2 unspecified atom stereocenters. The second-order valence-corrected chi connectivity index (χ2v) is 5.40. The fourth-order valence-electron chi connectivity index (χ4n) is 2.87. The zero-order chi connectivity index (χ0) is 13.0. The number of rotatable bonds is 4. The number of ether oxygens (including phenoxy) is 1. The summed E-state index contributed by atoms with van der Waals surface area (Å²) in [6, 6.07) is 1.86. The normalized spacial score (nSPS) is 28.3. The molecule has 1 aromatic heterocycles. The second kappa shape index (κ2) is 5.98. The third-order valence-electron chi connectivity index (χ3n) is 3.63. The van der Waals surface area contributed by atoms with Crippen molar-refractivity contribution in [3.05, 3.63) is 23.8 Å². The van der Waals surface area contributed by atoms with Crippen LogP contribution in [-0.4, -0.2) is 16.6 Å². The first-order valence-electron chi connectivity index (χ1n) is 6.72. The fourth-order valence-corrected chi connectivity index (χ4v) is 3.02. The maximum absolute atomic E-state index is 6.06. The topological polar surface area (TPSA) is 35.0 Å². The number of aromatic nitrogens is 2. The van der Waals surface area contributed by atoms with E-state index < -0.39 is 0 Å². The molecule has 1 aliphatic carbocycles. The number of nitrogens with zero attached hydrogens (tertiary/aromatic N) is 2. The quantitative estimate of drug-likeness (QED) is 0.782. The summed E-state index contributed by atoms with van der Waals surface area (Å²) in [4.78, 5) is 9.01. The smallest absolute Gasteiger partial charge is 0.160 e. The molecule has 0 spiro atoms. The van der Waals surface area contributed by atoms with Crippen LogP contribution < -0.4 is 0 Å². The summed E-state index contributed by atoms with van der Waals surface area (Å²) in [5, 5.41) is 0. The van der Waals surface area contributed by atoms with Crippen LogP contribution in [0.2, 0.25) is 0 Å². The van der Waals surface area contributed by atoms with Gasteiger partial charge in [-0.05, 0) is 38.2 Å². The molecule has 1 aromatic rings. The number of halogens is 1. The predicted molar refractivity (Wildman–Crippen MR) is 72.5 cm³/mol. The summed E-state index contributed by atoms with van der Waals surface area (Å²) in [7, 11) is 0. The molecule has 2 atom stereocenters. The second-order valence-electron chi connectivity index (χ2n) is 5.13. The van der Waals surface area contributed by atoms with E-state index in [0.29, 0.717) is 18.4 Å². The van der Waals surface area contributed by atoms with Crippen molar-refractivity contribution in [3.63, 3.8) is 0 Å². The molecule has 18 heavy (non-hydrogen) atoms. The molecule has 3 nitrogen and oxygen atoms in total. The molecule has 1 aliphatic rings. The van der Waals surface area contributed by atoms with E-state index in [0.717, 1.165) is 24.4 Å². The van der Waals surface area contributed by atoms with Gasteiger partial charge in [-0.1, -0.05) is 13.3 Å². The Hall–Kier alpha value is -0.670. The Labute approximate surface area is 114 Å². The van der Waals surface area contributed by atoms with Gasteiger partial charge >= 0.3 is 0 Å². The van der Waals surface area contributed by atoms with Crippen LogP contribution in [-0.2, 0) is 16.2 Å². The summed E-state index contributed by atoms with van der Waals surface area (Å²) in [5.41, 5.74) is 0.577. The van der Waals surface area contributed by atoms with Crippen LogP contribution in [0.15, 0.2) is 12.3 Å². The van der Waals surface area contributed by atoms with E-state index in [1.807, 2.05) is 13.0 Å². The maximum atomic E-state index is 6.06. The minimum Gasteiger partial charge on any atom is -0.367 e. The minimum absolute atomic E-state index is 0.297. The standard InChI is InChI=1S/C14H21ClN2O/c1-3-18-14(7-4-5-11(2)9-14)13-16-8-6-12(10-15)17-13/h6,8,11H,3-5,7,9-10H2,1-2H3. The Balaban J connectivity index is 2.33. The fraction of sp³-hybridized carbons (Fsp3) is 0.714. The summed E-state index contributed by atoms with van der Waals surface area (Å²) < 4.78 is 6.06. The first-order chi connectivity index (χ1) is 8.70. The molecule has 0 aromatic carbocycles. The van der Waals surface area contributed by atoms with Gasteiger partial charge in [-0.3, -0.25) is 0 Å². The zero-order valence-electron chi connectivity index (χ0n) is 11.2. The Morgan fingerprint density at radius 3 is 3.06 bits per heavy atom. The molecule has 0 N–H and O–H groups in total. The third kappa shape index (κ3) is 2.83. The molecule has 1 fully saturated rings. The minimum atomic E-state index is -0.297. The van der Waals surface area contributed by atoms with Crippen LogP contribution in [0.1, 0.15) is 51.0 Å². The highest BCUT2D eigenvalue weighted by Crippen LogP contribution is 2.41. The Morgan fingerprint density at radius 2 is 2.39 bits per heavy atom. The number of hydrogen-bond acceptors (Lipinski definition) is 3. The van der Waals surface area contributed by atoms with Crippen molar-refractivity contribution in [2.75, 3.05) is 6.61 Å². The molecule has 0 radical (unpaired) electrons. The van der Waals surface area contributed by atoms with Crippen LogP contribution in [0, 0.1) is 5.92 Å². The van der Waals surface area contributed by atoms with Gasteiger partial charge in [-0.15, -0.1) is 11.6 Å².